The Balaban J connectivity index is 1.48. The quantitative estimate of drug-likeness (QED) is 0.522. The summed E-state index contributed by atoms with van der Waals surface area (Å²) in [6.07, 6.45) is 3.44. The zero-order valence-corrected chi connectivity index (χ0v) is 16.5. The van der Waals surface area contributed by atoms with Gasteiger partial charge in [-0.1, -0.05) is 12.1 Å². The molecule has 0 radical (unpaired) electrons. The number of anilines is 1. The van der Waals surface area contributed by atoms with Crippen molar-refractivity contribution in [2.45, 2.75) is 18.8 Å². The van der Waals surface area contributed by atoms with Crippen molar-refractivity contribution < 1.29 is 18.0 Å². The van der Waals surface area contributed by atoms with Crippen molar-refractivity contribution in [3.8, 4) is 11.3 Å². The smallest absolute Gasteiger partial charge is 0.407 e. The lowest BCUT2D eigenvalue weighted by Gasteiger charge is -2.11. The fraction of sp³-hybridized carbons (Fsp3) is 0.174. The molecule has 8 heteroatoms. The summed E-state index contributed by atoms with van der Waals surface area (Å²) < 4.78 is 34.6. The van der Waals surface area contributed by atoms with E-state index in [1.165, 1.54) is 16.8 Å². The van der Waals surface area contributed by atoms with Gasteiger partial charge in [0.1, 0.15) is 17.2 Å². The monoisotopic (exact) mass is 421 g/mol. The molecule has 2 heterocycles. The third-order valence-corrected chi connectivity index (χ3v) is 5.47. The number of aryl methyl sites for hydroxylation is 1. The summed E-state index contributed by atoms with van der Waals surface area (Å²) in [5.74, 6) is -2.88. The van der Waals surface area contributed by atoms with Crippen LogP contribution < -0.4 is 11.1 Å². The summed E-state index contributed by atoms with van der Waals surface area (Å²) >= 11 is 0. The second-order valence-corrected chi connectivity index (χ2v) is 7.56. The van der Waals surface area contributed by atoms with Gasteiger partial charge in [-0.3, -0.25) is 14.3 Å². The van der Waals surface area contributed by atoms with E-state index in [0.717, 1.165) is 41.6 Å². The Morgan fingerprint density at radius 1 is 1.13 bits per heavy atom. The molecule has 1 aliphatic carbocycles. The number of hydrogen-bond donors (Lipinski definition) is 1. The SMILES string of the molecule is Cn1c(=O)oc2c(C3CC3)c(-c3ccc(NC(=O)c4c(F)cccc4F)cn3)ccc21. The lowest BCUT2D eigenvalue weighted by molar-refractivity contribution is 0.101. The van der Waals surface area contributed by atoms with Crippen LogP contribution in [0.25, 0.3) is 22.4 Å². The first-order valence-corrected chi connectivity index (χ1v) is 9.78. The maximum Gasteiger partial charge on any atom is 0.419 e. The van der Waals surface area contributed by atoms with Gasteiger partial charge in [0.05, 0.1) is 23.1 Å². The fourth-order valence-corrected chi connectivity index (χ4v) is 3.75. The minimum Gasteiger partial charge on any atom is -0.407 e. The van der Waals surface area contributed by atoms with Crippen LogP contribution in [0.4, 0.5) is 14.5 Å². The summed E-state index contributed by atoms with van der Waals surface area (Å²) in [5, 5.41) is 2.46. The van der Waals surface area contributed by atoms with Gasteiger partial charge in [-0.2, -0.15) is 0 Å². The van der Waals surface area contributed by atoms with E-state index in [2.05, 4.69) is 10.3 Å². The summed E-state index contributed by atoms with van der Waals surface area (Å²) in [4.78, 5) is 28.7. The Bertz CT molecular complexity index is 1370. The van der Waals surface area contributed by atoms with Crippen molar-refractivity contribution in [2.24, 2.45) is 7.05 Å². The van der Waals surface area contributed by atoms with Crippen LogP contribution in [0.1, 0.15) is 34.7 Å². The van der Waals surface area contributed by atoms with Crippen LogP contribution in [-0.4, -0.2) is 15.5 Å². The summed E-state index contributed by atoms with van der Waals surface area (Å²) in [6, 6.07) is 10.3. The predicted octanol–water partition coefficient (Wildman–Crippen LogP) is 4.60. The van der Waals surface area contributed by atoms with Gasteiger partial charge in [-0.05, 0) is 49.1 Å². The number of carbonyl (C=O) groups is 1. The van der Waals surface area contributed by atoms with Crippen LogP contribution >= 0.6 is 0 Å². The van der Waals surface area contributed by atoms with Crippen LogP contribution in [0, 0.1) is 11.6 Å². The molecule has 1 fully saturated rings. The highest BCUT2D eigenvalue weighted by Gasteiger charge is 2.31. The van der Waals surface area contributed by atoms with Crippen LogP contribution in [-0.2, 0) is 7.05 Å². The Hall–Kier alpha value is -3.81. The van der Waals surface area contributed by atoms with E-state index >= 15 is 0 Å². The normalized spacial score (nSPS) is 13.5. The molecule has 0 saturated heterocycles. The van der Waals surface area contributed by atoms with Gasteiger partial charge < -0.3 is 9.73 Å². The van der Waals surface area contributed by atoms with E-state index in [4.69, 9.17) is 4.42 Å². The van der Waals surface area contributed by atoms with E-state index < -0.39 is 28.9 Å². The molecule has 31 heavy (non-hydrogen) atoms. The van der Waals surface area contributed by atoms with Gasteiger partial charge in [0.15, 0.2) is 5.58 Å². The van der Waals surface area contributed by atoms with Gasteiger partial charge in [-0.15, -0.1) is 0 Å². The number of halogens is 2. The molecule has 4 aromatic rings. The first kappa shape index (κ1) is 19.2. The van der Waals surface area contributed by atoms with Gasteiger partial charge in [0.2, 0.25) is 0 Å². The maximum atomic E-state index is 13.8. The molecule has 156 valence electrons. The number of benzene rings is 2. The van der Waals surface area contributed by atoms with Crippen molar-refractivity contribution in [3.05, 3.63) is 82.0 Å². The molecular formula is C23H17F2N3O3. The molecular weight excluding hydrogens is 404 g/mol. The fourth-order valence-electron chi connectivity index (χ4n) is 3.75. The number of hydrogen-bond acceptors (Lipinski definition) is 4. The Morgan fingerprint density at radius 3 is 2.52 bits per heavy atom. The molecule has 5 rings (SSSR count). The third kappa shape index (κ3) is 3.30. The molecule has 1 aliphatic rings. The van der Waals surface area contributed by atoms with E-state index in [1.807, 2.05) is 12.1 Å². The number of amides is 1. The number of pyridine rings is 1. The lowest BCUT2D eigenvalue weighted by Crippen LogP contribution is -2.15. The van der Waals surface area contributed by atoms with Crippen LogP contribution in [0.3, 0.4) is 0 Å². The number of carbonyl (C=O) groups excluding carboxylic acids is 1. The van der Waals surface area contributed by atoms with Crippen molar-refractivity contribution in [1.29, 1.82) is 0 Å². The van der Waals surface area contributed by atoms with Gasteiger partial charge in [0, 0.05) is 18.2 Å². The molecule has 1 saturated carbocycles. The first-order valence-electron chi connectivity index (χ1n) is 9.78. The Kier molecular flexibility index (Phi) is 4.43. The third-order valence-electron chi connectivity index (χ3n) is 5.47. The standard InChI is InChI=1S/C23H17F2N3O3/c1-28-18-10-8-14(19(12-5-6-12)21(18)31-23(28)30)17-9-7-13(11-26-17)27-22(29)20-15(24)3-2-4-16(20)25/h2-4,7-12H,5-6H2,1H3,(H,27,29). The molecule has 6 nitrogen and oxygen atoms in total. The number of fused-ring (bicyclic) bond motifs is 1. The lowest BCUT2D eigenvalue weighted by atomic mass is 9.99. The molecule has 2 aromatic carbocycles. The zero-order chi connectivity index (χ0) is 21.7. The molecule has 2 aromatic heterocycles. The summed E-state index contributed by atoms with van der Waals surface area (Å²) in [5.41, 5.74) is 3.40. The molecule has 0 spiro atoms. The van der Waals surface area contributed by atoms with E-state index in [0.29, 0.717) is 22.9 Å². The number of aromatic nitrogens is 2. The number of nitrogens with zero attached hydrogens (tertiary/aromatic N) is 2. The minimum atomic E-state index is -0.936. The molecule has 0 bridgehead atoms. The van der Waals surface area contributed by atoms with Crippen LogP contribution in [0.2, 0.25) is 0 Å². The van der Waals surface area contributed by atoms with E-state index in [-0.39, 0.29) is 0 Å². The van der Waals surface area contributed by atoms with Gasteiger partial charge >= 0.3 is 5.76 Å². The number of oxazole rings is 1. The minimum absolute atomic E-state index is 0.300. The molecule has 0 aliphatic heterocycles. The first-order chi connectivity index (χ1) is 14.9. The molecule has 0 unspecified atom stereocenters. The van der Waals surface area contributed by atoms with Crippen molar-refractivity contribution in [2.75, 3.05) is 5.32 Å². The highest BCUT2D eigenvalue weighted by Crippen LogP contribution is 2.47. The molecule has 0 atom stereocenters. The average Bonchev–Trinajstić information content (AvgIpc) is 3.54. The Labute approximate surface area is 175 Å². The molecule has 1 N–H and O–H groups in total. The maximum absolute atomic E-state index is 13.8. The second kappa shape index (κ2) is 7.16. The largest absolute Gasteiger partial charge is 0.419 e. The van der Waals surface area contributed by atoms with Crippen molar-refractivity contribution in [1.82, 2.24) is 9.55 Å². The van der Waals surface area contributed by atoms with E-state index in [9.17, 15) is 18.4 Å². The van der Waals surface area contributed by atoms with E-state index in [1.54, 1.807) is 19.2 Å². The van der Waals surface area contributed by atoms with Gasteiger partial charge in [0.25, 0.3) is 5.91 Å². The predicted molar refractivity (Wildman–Crippen MR) is 111 cm³/mol. The number of rotatable bonds is 4. The summed E-state index contributed by atoms with van der Waals surface area (Å²) in [6.45, 7) is 0. The van der Waals surface area contributed by atoms with Crippen LogP contribution in [0.5, 0.6) is 0 Å². The number of nitrogens with one attached hydrogen (secondary N) is 1. The van der Waals surface area contributed by atoms with Crippen LogP contribution in [0.15, 0.2) is 57.9 Å². The zero-order valence-electron chi connectivity index (χ0n) is 16.5. The summed E-state index contributed by atoms with van der Waals surface area (Å²) in [7, 11) is 1.67. The highest BCUT2D eigenvalue weighted by atomic mass is 19.1. The second-order valence-electron chi connectivity index (χ2n) is 7.56. The highest BCUT2D eigenvalue weighted by molar-refractivity contribution is 6.04. The average molecular weight is 421 g/mol. The topological polar surface area (TPSA) is 77.1 Å². The molecule has 1 amide bonds. The van der Waals surface area contributed by atoms with Crippen molar-refractivity contribution in [3.63, 3.8) is 0 Å². The van der Waals surface area contributed by atoms with Gasteiger partial charge in [-0.25, -0.2) is 13.6 Å². The Morgan fingerprint density at radius 2 is 1.87 bits per heavy atom. The van der Waals surface area contributed by atoms with Crippen molar-refractivity contribution >= 4 is 22.7 Å².